The summed E-state index contributed by atoms with van der Waals surface area (Å²) in [6.07, 6.45) is 2.35. The molecule has 1 atom stereocenters. The third-order valence-corrected chi connectivity index (χ3v) is 4.84. The second-order valence-electron chi connectivity index (χ2n) is 6.88. The molecule has 0 saturated carbocycles. The minimum absolute atomic E-state index is 0.0982. The van der Waals surface area contributed by atoms with Crippen LogP contribution in [0.5, 0.6) is 0 Å². The Kier molecular flexibility index (Phi) is 5.96. The van der Waals surface area contributed by atoms with E-state index in [1.807, 2.05) is 42.5 Å². The number of hydrogen-bond donors (Lipinski definition) is 2. The number of fused-ring (bicyclic) bond motifs is 1. The van der Waals surface area contributed by atoms with E-state index in [4.69, 9.17) is 0 Å². The van der Waals surface area contributed by atoms with Gasteiger partial charge in [0.05, 0.1) is 6.04 Å². The fourth-order valence-electron chi connectivity index (χ4n) is 3.15. The van der Waals surface area contributed by atoms with E-state index in [1.165, 1.54) is 24.9 Å². The molecule has 0 fully saturated rings. The highest BCUT2D eigenvalue weighted by atomic mass is 16.2. The van der Waals surface area contributed by atoms with Crippen molar-refractivity contribution in [1.29, 1.82) is 0 Å². The molecule has 1 aromatic heterocycles. The number of aryl methyl sites for hydroxylation is 1. The quantitative estimate of drug-likeness (QED) is 0.597. The molecule has 3 rings (SSSR count). The maximum Gasteiger partial charge on any atom is 0.330 e. The predicted molar refractivity (Wildman–Crippen MR) is 114 cm³/mol. The molecule has 0 aliphatic heterocycles. The summed E-state index contributed by atoms with van der Waals surface area (Å²) >= 11 is 0. The van der Waals surface area contributed by atoms with E-state index in [0.717, 1.165) is 27.0 Å². The molecular weight excluding hydrogens is 384 g/mol. The molecule has 154 valence electrons. The average molecular weight is 406 g/mol. The van der Waals surface area contributed by atoms with Crippen LogP contribution in [0.15, 0.2) is 70.9 Å². The summed E-state index contributed by atoms with van der Waals surface area (Å²) in [6.45, 7) is 3.52. The molecule has 0 aliphatic rings. The fraction of sp³-hybridized carbons (Fsp3) is 0.182. The fourth-order valence-corrected chi connectivity index (χ4v) is 3.15. The molecule has 2 amide bonds. The van der Waals surface area contributed by atoms with Crippen LogP contribution in [-0.4, -0.2) is 27.5 Å². The van der Waals surface area contributed by atoms with Crippen molar-refractivity contribution in [2.75, 3.05) is 6.54 Å². The zero-order chi connectivity index (χ0) is 21.8. The van der Waals surface area contributed by atoms with Gasteiger partial charge in [-0.05, 0) is 28.5 Å². The lowest BCUT2D eigenvalue weighted by atomic mass is 10.0. The highest BCUT2D eigenvalue weighted by molar-refractivity contribution is 5.94. The lowest BCUT2D eigenvalue weighted by Crippen LogP contribution is -2.44. The SMILES string of the molecule is C=CC(=O)NCC(NC(=O)c1cn(C)c(=O)n(C)c1=O)c1ccc2ccccc2c1. The van der Waals surface area contributed by atoms with E-state index in [-0.39, 0.29) is 18.0 Å². The van der Waals surface area contributed by atoms with Crippen LogP contribution in [0, 0.1) is 0 Å². The number of benzene rings is 2. The summed E-state index contributed by atoms with van der Waals surface area (Å²) in [5, 5.41) is 7.47. The molecule has 0 bridgehead atoms. The van der Waals surface area contributed by atoms with E-state index in [1.54, 1.807) is 0 Å². The summed E-state index contributed by atoms with van der Waals surface area (Å²) in [5.74, 6) is -1.02. The minimum Gasteiger partial charge on any atom is -0.350 e. The molecule has 0 spiro atoms. The van der Waals surface area contributed by atoms with Gasteiger partial charge in [0.25, 0.3) is 11.5 Å². The minimum atomic E-state index is -0.692. The molecule has 0 aliphatic carbocycles. The smallest absolute Gasteiger partial charge is 0.330 e. The van der Waals surface area contributed by atoms with Crippen LogP contribution in [0.3, 0.4) is 0 Å². The number of hydrogen-bond acceptors (Lipinski definition) is 4. The molecule has 3 aromatic rings. The number of carbonyl (C=O) groups excluding carboxylic acids is 2. The first-order valence-electron chi connectivity index (χ1n) is 9.28. The largest absolute Gasteiger partial charge is 0.350 e. The first kappa shape index (κ1) is 20.8. The molecule has 2 aromatic carbocycles. The second-order valence-corrected chi connectivity index (χ2v) is 6.88. The van der Waals surface area contributed by atoms with Crippen molar-refractivity contribution >= 4 is 22.6 Å². The van der Waals surface area contributed by atoms with Crippen LogP contribution in [-0.2, 0) is 18.9 Å². The molecule has 1 heterocycles. The average Bonchev–Trinajstić information content (AvgIpc) is 2.76. The van der Waals surface area contributed by atoms with Crippen molar-refractivity contribution in [2.24, 2.45) is 14.1 Å². The maximum absolute atomic E-state index is 12.9. The van der Waals surface area contributed by atoms with Gasteiger partial charge in [0.2, 0.25) is 5.91 Å². The van der Waals surface area contributed by atoms with Crippen LogP contribution in [0.4, 0.5) is 0 Å². The highest BCUT2D eigenvalue weighted by Crippen LogP contribution is 2.20. The molecule has 30 heavy (non-hydrogen) atoms. The van der Waals surface area contributed by atoms with Gasteiger partial charge in [-0.3, -0.25) is 19.0 Å². The summed E-state index contributed by atoms with van der Waals surface area (Å²) < 4.78 is 2.04. The van der Waals surface area contributed by atoms with Crippen LogP contribution in [0.25, 0.3) is 10.8 Å². The lowest BCUT2D eigenvalue weighted by Gasteiger charge is -2.20. The van der Waals surface area contributed by atoms with Crippen LogP contribution < -0.4 is 21.9 Å². The van der Waals surface area contributed by atoms with Crippen LogP contribution >= 0.6 is 0 Å². The molecule has 1 unspecified atom stereocenters. The van der Waals surface area contributed by atoms with Crippen molar-refractivity contribution in [3.05, 3.63) is 93.3 Å². The first-order chi connectivity index (χ1) is 14.3. The lowest BCUT2D eigenvalue weighted by molar-refractivity contribution is -0.116. The van der Waals surface area contributed by atoms with Gasteiger partial charge >= 0.3 is 5.69 Å². The van der Waals surface area contributed by atoms with E-state index in [0.29, 0.717) is 0 Å². The van der Waals surface area contributed by atoms with E-state index in [9.17, 15) is 19.2 Å². The molecule has 8 nitrogen and oxygen atoms in total. The highest BCUT2D eigenvalue weighted by Gasteiger charge is 2.20. The summed E-state index contributed by atoms with van der Waals surface area (Å²) in [6, 6.07) is 12.8. The topological polar surface area (TPSA) is 102 Å². The molecular formula is C22H22N4O4. The Balaban J connectivity index is 1.97. The zero-order valence-electron chi connectivity index (χ0n) is 16.7. The van der Waals surface area contributed by atoms with Crippen molar-refractivity contribution in [2.45, 2.75) is 6.04 Å². The second kappa shape index (κ2) is 8.60. The molecule has 2 N–H and O–H groups in total. The van der Waals surface area contributed by atoms with Crippen molar-refractivity contribution in [3.8, 4) is 0 Å². The summed E-state index contributed by atoms with van der Waals surface area (Å²) in [5.41, 5.74) is -0.627. The van der Waals surface area contributed by atoms with Gasteiger partial charge in [-0.25, -0.2) is 4.79 Å². The summed E-state index contributed by atoms with van der Waals surface area (Å²) in [7, 11) is 2.77. The molecule has 8 heteroatoms. The Morgan fingerprint density at radius 1 is 1.10 bits per heavy atom. The Labute approximate surface area is 172 Å². The maximum atomic E-state index is 12.9. The third-order valence-electron chi connectivity index (χ3n) is 4.84. The van der Waals surface area contributed by atoms with Gasteiger partial charge < -0.3 is 15.2 Å². The monoisotopic (exact) mass is 406 g/mol. The number of aromatic nitrogens is 2. The zero-order valence-corrected chi connectivity index (χ0v) is 16.7. The van der Waals surface area contributed by atoms with Crippen molar-refractivity contribution in [3.63, 3.8) is 0 Å². The van der Waals surface area contributed by atoms with Crippen LogP contribution in [0.1, 0.15) is 22.0 Å². The van der Waals surface area contributed by atoms with E-state index >= 15 is 0 Å². The van der Waals surface area contributed by atoms with Crippen LogP contribution in [0.2, 0.25) is 0 Å². The number of amides is 2. The van der Waals surface area contributed by atoms with Gasteiger partial charge in [-0.2, -0.15) is 0 Å². The van der Waals surface area contributed by atoms with E-state index in [2.05, 4.69) is 17.2 Å². The Morgan fingerprint density at radius 3 is 2.50 bits per heavy atom. The first-order valence-corrected chi connectivity index (χ1v) is 9.28. The number of nitrogens with one attached hydrogen (secondary N) is 2. The normalized spacial score (nSPS) is 11.7. The Morgan fingerprint density at radius 2 is 1.80 bits per heavy atom. The predicted octanol–water partition coefficient (Wildman–Crippen LogP) is 1.01. The number of nitrogens with zero attached hydrogens (tertiary/aromatic N) is 2. The Hall–Kier alpha value is -3.94. The Bertz CT molecular complexity index is 1260. The third kappa shape index (κ3) is 4.22. The summed E-state index contributed by atoms with van der Waals surface area (Å²) in [4.78, 5) is 48.8. The van der Waals surface area contributed by atoms with Gasteiger partial charge in [0.15, 0.2) is 0 Å². The molecule has 0 radical (unpaired) electrons. The number of carbonyl (C=O) groups is 2. The van der Waals surface area contributed by atoms with E-state index < -0.39 is 23.2 Å². The standard InChI is InChI=1S/C22H22N4O4/c1-4-19(27)23-12-18(16-10-9-14-7-5-6-8-15(14)11-16)24-20(28)17-13-25(2)22(30)26(3)21(17)29/h4-11,13,18H,1,12H2,2-3H3,(H,23,27)(H,24,28). The van der Waals surface area contributed by atoms with Gasteiger partial charge in [-0.1, -0.05) is 43.0 Å². The molecule has 0 saturated heterocycles. The number of rotatable bonds is 6. The van der Waals surface area contributed by atoms with Crippen molar-refractivity contribution in [1.82, 2.24) is 19.8 Å². The van der Waals surface area contributed by atoms with Gasteiger partial charge in [-0.15, -0.1) is 0 Å². The van der Waals surface area contributed by atoms with Crippen molar-refractivity contribution < 1.29 is 9.59 Å². The van der Waals surface area contributed by atoms with Gasteiger partial charge in [0.1, 0.15) is 5.56 Å². The van der Waals surface area contributed by atoms with Gasteiger partial charge in [0, 0.05) is 26.8 Å².